The maximum Gasteiger partial charge on any atom is 0.225 e. The van der Waals surface area contributed by atoms with Crippen molar-refractivity contribution in [2.24, 2.45) is 0 Å². The molecule has 2 aliphatic heterocycles. The summed E-state index contributed by atoms with van der Waals surface area (Å²) in [4.78, 5) is 20.7. The highest BCUT2D eigenvalue weighted by Gasteiger charge is 2.35. The summed E-state index contributed by atoms with van der Waals surface area (Å²) in [6, 6.07) is 3.29. The Kier molecular flexibility index (Phi) is 3.90. The van der Waals surface area contributed by atoms with Crippen molar-refractivity contribution in [3.63, 3.8) is 0 Å². The van der Waals surface area contributed by atoms with Crippen molar-refractivity contribution in [1.82, 2.24) is 29.3 Å². The topological polar surface area (TPSA) is 53.3 Å². The summed E-state index contributed by atoms with van der Waals surface area (Å²) in [6.07, 6.45) is 10.4. The number of rotatable bonds is 5. The molecule has 25 heavy (non-hydrogen) atoms. The molecule has 3 fully saturated rings. The molecule has 132 valence electrons. The molecule has 1 aliphatic carbocycles. The van der Waals surface area contributed by atoms with Crippen molar-refractivity contribution in [2.75, 3.05) is 44.2 Å². The average molecular weight is 339 g/mol. The van der Waals surface area contributed by atoms with E-state index in [1.807, 2.05) is 24.7 Å². The summed E-state index contributed by atoms with van der Waals surface area (Å²) in [6.45, 7) is 7.58. The van der Waals surface area contributed by atoms with Gasteiger partial charge in [-0.3, -0.25) is 9.80 Å². The normalized spacial score (nSPS) is 23.0. The zero-order valence-corrected chi connectivity index (χ0v) is 14.5. The maximum atomic E-state index is 4.57. The van der Waals surface area contributed by atoms with Crippen molar-refractivity contribution in [3.05, 3.63) is 36.7 Å². The van der Waals surface area contributed by atoms with Gasteiger partial charge in [0, 0.05) is 76.1 Å². The molecule has 1 saturated carbocycles. The maximum absolute atomic E-state index is 4.57. The fourth-order valence-corrected chi connectivity index (χ4v) is 4.00. The Labute approximate surface area is 148 Å². The van der Waals surface area contributed by atoms with Gasteiger partial charge in [-0.1, -0.05) is 0 Å². The van der Waals surface area contributed by atoms with E-state index < -0.39 is 0 Å². The number of imidazole rings is 1. The average Bonchev–Trinajstić information content (AvgIpc) is 3.37. The summed E-state index contributed by atoms with van der Waals surface area (Å²) >= 11 is 0. The van der Waals surface area contributed by atoms with Gasteiger partial charge in [0.05, 0.1) is 6.54 Å². The molecule has 0 amide bonds. The highest BCUT2D eigenvalue weighted by atomic mass is 15.4. The summed E-state index contributed by atoms with van der Waals surface area (Å²) in [5, 5.41) is 0. The van der Waals surface area contributed by atoms with E-state index in [9.17, 15) is 0 Å². The van der Waals surface area contributed by atoms with E-state index in [4.69, 9.17) is 0 Å². The van der Waals surface area contributed by atoms with E-state index in [1.165, 1.54) is 31.8 Å². The van der Waals surface area contributed by atoms with Crippen LogP contribution in [0.5, 0.6) is 0 Å². The van der Waals surface area contributed by atoms with Gasteiger partial charge in [-0.25, -0.2) is 15.0 Å². The SMILES string of the molecule is c1cnc(N2CCN(C3CN(Cc4nccn4C4CC4)C3)CC2)nc1. The summed E-state index contributed by atoms with van der Waals surface area (Å²) in [5.74, 6) is 2.11. The molecule has 0 N–H and O–H groups in total. The molecule has 5 rings (SSSR count). The molecule has 0 unspecified atom stereocenters. The lowest BCUT2D eigenvalue weighted by Gasteiger charge is -2.48. The third-order valence-electron chi connectivity index (χ3n) is 5.66. The molecule has 0 bridgehead atoms. The Morgan fingerprint density at radius 1 is 0.880 bits per heavy atom. The molecule has 7 nitrogen and oxygen atoms in total. The quantitative estimate of drug-likeness (QED) is 0.811. The smallest absolute Gasteiger partial charge is 0.225 e. The number of piperazine rings is 1. The van der Waals surface area contributed by atoms with E-state index in [0.29, 0.717) is 6.04 Å². The van der Waals surface area contributed by atoms with Gasteiger partial charge in [-0.2, -0.15) is 0 Å². The fourth-order valence-electron chi connectivity index (χ4n) is 4.00. The lowest BCUT2D eigenvalue weighted by molar-refractivity contribution is 0.0233. The van der Waals surface area contributed by atoms with Crippen LogP contribution in [0.1, 0.15) is 24.7 Å². The molecule has 0 atom stereocenters. The van der Waals surface area contributed by atoms with Crippen molar-refractivity contribution < 1.29 is 0 Å². The first-order valence-electron chi connectivity index (χ1n) is 9.37. The predicted molar refractivity (Wildman–Crippen MR) is 95.4 cm³/mol. The number of likely N-dealkylation sites (tertiary alicyclic amines) is 1. The molecule has 2 aromatic heterocycles. The van der Waals surface area contributed by atoms with Crippen LogP contribution in [0.2, 0.25) is 0 Å². The van der Waals surface area contributed by atoms with Gasteiger partial charge >= 0.3 is 0 Å². The second kappa shape index (κ2) is 6.38. The van der Waals surface area contributed by atoms with E-state index in [2.05, 4.69) is 40.4 Å². The van der Waals surface area contributed by atoms with Crippen LogP contribution in [0, 0.1) is 0 Å². The van der Waals surface area contributed by atoms with Crippen LogP contribution in [-0.2, 0) is 6.54 Å². The third-order valence-corrected chi connectivity index (χ3v) is 5.66. The van der Waals surface area contributed by atoms with Crippen LogP contribution in [0.4, 0.5) is 5.95 Å². The number of hydrogen-bond acceptors (Lipinski definition) is 6. The lowest BCUT2D eigenvalue weighted by Crippen LogP contribution is -2.62. The number of hydrogen-bond donors (Lipinski definition) is 0. The van der Waals surface area contributed by atoms with Crippen molar-refractivity contribution in [1.29, 1.82) is 0 Å². The summed E-state index contributed by atoms with van der Waals surface area (Å²) < 4.78 is 2.38. The second-order valence-corrected chi connectivity index (χ2v) is 7.40. The van der Waals surface area contributed by atoms with Crippen LogP contribution in [0.15, 0.2) is 30.9 Å². The molecule has 2 aromatic rings. The first-order valence-corrected chi connectivity index (χ1v) is 9.37. The van der Waals surface area contributed by atoms with Gasteiger partial charge in [-0.15, -0.1) is 0 Å². The monoisotopic (exact) mass is 339 g/mol. The Morgan fingerprint density at radius 3 is 2.36 bits per heavy atom. The minimum Gasteiger partial charge on any atom is -0.338 e. The molecule has 7 heteroatoms. The Hall–Kier alpha value is -1.99. The predicted octanol–water partition coefficient (Wildman–Crippen LogP) is 1.01. The highest BCUT2D eigenvalue weighted by Crippen LogP contribution is 2.36. The van der Waals surface area contributed by atoms with Gasteiger partial charge in [0.2, 0.25) is 5.95 Å². The van der Waals surface area contributed by atoms with E-state index in [0.717, 1.165) is 44.7 Å². The standard InChI is InChI=1S/C18H25N7/c1-4-20-18(21-5-1)24-10-8-23(9-11-24)16-12-22(13-16)14-17-19-6-7-25(17)15-2-3-15/h1,4-7,15-16H,2-3,8-14H2. The van der Waals surface area contributed by atoms with Crippen molar-refractivity contribution in [3.8, 4) is 0 Å². The van der Waals surface area contributed by atoms with Gasteiger partial charge < -0.3 is 9.47 Å². The Morgan fingerprint density at radius 2 is 1.64 bits per heavy atom. The van der Waals surface area contributed by atoms with Gasteiger partial charge in [0.25, 0.3) is 0 Å². The van der Waals surface area contributed by atoms with Crippen LogP contribution >= 0.6 is 0 Å². The van der Waals surface area contributed by atoms with Crippen molar-refractivity contribution >= 4 is 5.95 Å². The number of nitrogens with zero attached hydrogens (tertiary/aromatic N) is 7. The zero-order chi connectivity index (χ0) is 16.6. The third kappa shape index (κ3) is 3.14. The molecule has 0 spiro atoms. The van der Waals surface area contributed by atoms with Crippen molar-refractivity contribution in [2.45, 2.75) is 31.5 Å². The first kappa shape index (κ1) is 15.3. The van der Waals surface area contributed by atoms with Gasteiger partial charge in [0.15, 0.2) is 0 Å². The molecular weight excluding hydrogens is 314 g/mol. The molecule has 4 heterocycles. The summed E-state index contributed by atoms with van der Waals surface area (Å²) in [5.41, 5.74) is 0. The van der Waals surface area contributed by atoms with Crippen LogP contribution in [-0.4, -0.2) is 74.6 Å². The molecule has 2 saturated heterocycles. The van der Waals surface area contributed by atoms with Crippen LogP contribution < -0.4 is 4.90 Å². The number of aromatic nitrogens is 4. The van der Waals surface area contributed by atoms with Gasteiger partial charge in [-0.05, 0) is 18.9 Å². The highest BCUT2D eigenvalue weighted by molar-refractivity contribution is 5.29. The van der Waals surface area contributed by atoms with E-state index in [1.54, 1.807) is 0 Å². The Balaban J connectivity index is 1.10. The molecule has 3 aliphatic rings. The minimum absolute atomic E-state index is 0.697. The zero-order valence-electron chi connectivity index (χ0n) is 14.5. The largest absolute Gasteiger partial charge is 0.338 e. The van der Waals surface area contributed by atoms with E-state index in [-0.39, 0.29) is 0 Å². The molecule has 0 aromatic carbocycles. The first-order chi connectivity index (χ1) is 12.4. The fraction of sp³-hybridized carbons (Fsp3) is 0.611. The van der Waals surface area contributed by atoms with Crippen LogP contribution in [0.25, 0.3) is 0 Å². The lowest BCUT2D eigenvalue weighted by atomic mass is 10.1. The summed E-state index contributed by atoms with van der Waals surface area (Å²) in [7, 11) is 0. The van der Waals surface area contributed by atoms with Gasteiger partial charge in [0.1, 0.15) is 5.82 Å². The van der Waals surface area contributed by atoms with E-state index >= 15 is 0 Å². The van der Waals surface area contributed by atoms with Crippen LogP contribution in [0.3, 0.4) is 0 Å². The minimum atomic E-state index is 0.697. The second-order valence-electron chi connectivity index (χ2n) is 7.40. The molecular formula is C18H25N7. The molecule has 0 radical (unpaired) electrons. The Bertz CT molecular complexity index is 697. The number of anilines is 1.